The normalized spacial score (nSPS) is 12.2. The van der Waals surface area contributed by atoms with Gasteiger partial charge in [-0.3, -0.25) is 0 Å². The minimum absolute atomic E-state index is 0.235. The highest BCUT2D eigenvalue weighted by Gasteiger charge is 2.05. The molecule has 16 heavy (non-hydrogen) atoms. The summed E-state index contributed by atoms with van der Waals surface area (Å²) < 4.78 is 5.33. The topological polar surface area (TPSA) is 59.1 Å². The van der Waals surface area contributed by atoms with Gasteiger partial charge in [0.15, 0.2) is 0 Å². The van der Waals surface area contributed by atoms with Crippen LogP contribution in [0.4, 0.5) is 11.8 Å². The van der Waals surface area contributed by atoms with Crippen molar-refractivity contribution in [1.29, 1.82) is 0 Å². The van der Waals surface area contributed by atoms with Crippen molar-refractivity contribution in [3.8, 4) is 0 Å². The molecule has 0 bridgehead atoms. The first-order valence-electron chi connectivity index (χ1n) is 5.53. The highest BCUT2D eigenvalue weighted by Crippen LogP contribution is 2.10. The Morgan fingerprint density at radius 3 is 2.81 bits per heavy atom. The number of anilines is 2. The van der Waals surface area contributed by atoms with E-state index in [1.54, 1.807) is 0 Å². The van der Waals surface area contributed by atoms with E-state index in [1.165, 1.54) is 0 Å². The van der Waals surface area contributed by atoms with Gasteiger partial charge in [0.1, 0.15) is 5.82 Å². The molecule has 0 amide bonds. The smallest absolute Gasteiger partial charge is 0.224 e. The van der Waals surface area contributed by atoms with Crippen molar-refractivity contribution in [3.05, 3.63) is 11.8 Å². The maximum Gasteiger partial charge on any atom is 0.224 e. The fourth-order valence-corrected chi connectivity index (χ4v) is 1.34. The third-order valence-electron chi connectivity index (χ3n) is 2.04. The second kappa shape index (κ2) is 6.27. The number of aryl methyl sites for hydroxylation is 1. The Bertz CT molecular complexity index is 330. The van der Waals surface area contributed by atoms with E-state index in [1.807, 2.05) is 27.0 Å². The van der Waals surface area contributed by atoms with E-state index in [2.05, 4.69) is 27.5 Å². The van der Waals surface area contributed by atoms with Crippen LogP contribution in [0.25, 0.3) is 0 Å². The van der Waals surface area contributed by atoms with E-state index < -0.39 is 0 Å². The monoisotopic (exact) mass is 224 g/mol. The van der Waals surface area contributed by atoms with Crippen LogP contribution in [-0.2, 0) is 4.74 Å². The Labute approximate surface area is 96.6 Å². The van der Waals surface area contributed by atoms with E-state index in [-0.39, 0.29) is 6.04 Å². The second-order valence-electron chi connectivity index (χ2n) is 3.67. The van der Waals surface area contributed by atoms with E-state index in [0.29, 0.717) is 12.6 Å². The average molecular weight is 224 g/mol. The molecule has 5 heteroatoms. The molecule has 1 aromatic rings. The summed E-state index contributed by atoms with van der Waals surface area (Å²) in [4.78, 5) is 8.54. The van der Waals surface area contributed by atoms with Gasteiger partial charge in [-0.15, -0.1) is 0 Å². The van der Waals surface area contributed by atoms with Crippen molar-refractivity contribution in [3.63, 3.8) is 0 Å². The van der Waals surface area contributed by atoms with Crippen LogP contribution in [-0.4, -0.2) is 36.3 Å². The van der Waals surface area contributed by atoms with Crippen LogP contribution in [0, 0.1) is 6.92 Å². The van der Waals surface area contributed by atoms with Gasteiger partial charge in [0.25, 0.3) is 0 Å². The maximum absolute atomic E-state index is 5.33. The standard InChI is InChI=1S/C11H20N4O/c1-5-16-7-9(3)13-10-6-8(2)14-11(12-4)15-10/h6,9H,5,7H2,1-4H3,(H2,12,13,14,15). The Morgan fingerprint density at radius 2 is 2.19 bits per heavy atom. The predicted molar refractivity (Wildman–Crippen MR) is 65.9 cm³/mol. The third kappa shape index (κ3) is 4.02. The lowest BCUT2D eigenvalue weighted by molar-refractivity contribution is 0.141. The fraction of sp³-hybridized carbons (Fsp3) is 0.636. The molecule has 0 saturated heterocycles. The summed E-state index contributed by atoms with van der Waals surface area (Å²) in [5, 5.41) is 6.21. The zero-order valence-corrected chi connectivity index (χ0v) is 10.4. The third-order valence-corrected chi connectivity index (χ3v) is 2.04. The van der Waals surface area contributed by atoms with Gasteiger partial charge < -0.3 is 15.4 Å². The van der Waals surface area contributed by atoms with Gasteiger partial charge >= 0.3 is 0 Å². The molecule has 0 saturated carbocycles. The minimum atomic E-state index is 0.235. The number of nitrogens with one attached hydrogen (secondary N) is 2. The van der Waals surface area contributed by atoms with E-state index in [9.17, 15) is 0 Å². The van der Waals surface area contributed by atoms with Gasteiger partial charge in [0, 0.05) is 31.5 Å². The number of ether oxygens (including phenoxy) is 1. The van der Waals surface area contributed by atoms with E-state index in [0.717, 1.165) is 18.1 Å². The molecule has 0 aliphatic heterocycles. The molecule has 2 N–H and O–H groups in total. The van der Waals surface area contributed by atoms with Crippen LogP contribution in [0.5, 0.6) is 0 Å². The number of aromatic nitrogens is 2. The van der Waals surface area contributed by atoms with Gasteiger partial charge in [-0.05, 0) is 20.8 Å². The number of rotatable bonds is 6. The molecule has 0 aliphatic rings. The van der Waals surface area contributed by atoms with Crippen LogP contribution < -0.4 is 10.6 Å². The summed E-state index contributed by atoms with van der Waals surface area (Å²) in [6.07, 6.45) is 0. The second-order valence-corrected chi connectivity index (χ2v) is 3.67. The molecule has 5 nitrogen and oxygen atoms in total. The molecule has 90 valence electrons. The summed E-state index contributed by atoms with van der Waals surface area (Å²) in [5.41, 5.74) is 0.936. The number of nitrogens with zero attached hydrogens (tertiary/aromatic N) is 2. The first-order valence-corrected chi connectivity index (χ1v) is 5.53. The van der Waals surface area contributed by atoms with Crippen LogP contribution in [0.2, 0.25) is 0 Å². The molecule has 0 radical (unpaired) electrons. The van der Waals surface area contributed by atoms with E-state index in [4.69, 9.17) is 4.74 Å². The summed E-state index contributed by atoms with van der Waals surface area (Å²) in [6, 6.07) is 2.16. The average Bonchev–Trinajstić information content (AvgIpc) is 2.25. The van der Waals surface area contributed by atoms with Crippen LogP contribution in [0.1, 0.15) is 19.5 Å². The molecule has 1 heterocycles. The largest absolute Gasteiger partial charge is 0.380 e. The van der Waals surface area contributed by atoms with E-state index >= 15 is 0 Å². The first kappa shape index (κ1) is 12.7. The van der Waals surface area contributed by atoms with Crippen molar-refractivity contribution < 1.29 is 4.74 Å². The molecular weight excluding hydrogens is 204 g/mol. The Balaban J connectivity index is 2.61. The fourth-order valence-electron chi connectivity index (χ4n) is 1.34. The van der Waals surface area contributed by atoms with Crippen molar-refractivity contribution in [2.75, 3.05) is 30.9 Å². The summed E-state index contributed by atoms with van der Waals surface area (Å²) in [7, 11) is 1.81. The number of hydrogen-bond acceptors (Lipinski definition) is 5. The first-order chi connectivity index (χ1) is 7.65. The highest BCUT2D eigenvalue weighted by molar-refractivity contribution is 5.42. The SMILES string of the molecule is CCOCC(C)Nc1cc(C)nc(NC)n1. The molecule has 1 unspecified atom stereocenters. The van der Waals surface area contributed by atoms with Crippen molar-refractivity contribution in [2.24, 2.45) is 0 Å². The molecule has 0 spiro atoms. The quantitative estimate of drug-likeness (QED) is 0.769. The molecule has 0 aromatic carbocycles. The van der Waals surface area contributed by atoms with Gasteiger partial charge in [-0.1, -0.05) is 0 Å². The van der Waals surface area contributed by atoms with Crippen molar-refractivity contribution in [2.45, 2.75) is 26.8 Å². The van der Waals surface area contributed by atoms with Crippen LogP contribution >= 0.6 is 0 Å². The molecule has 1 rings (SSSR count). The Morgan fingerprint density at radius 1 is 1.44 bits per heavy atom. The van der Waals surface area contributed by atoms with Gasteiger partial charge in [-0.25, -0.2) is 4.98 Å². The summed E-state index contributed by atoms with van der Waals surface area (Å²) in [6.45, 7) is 7.40. The zero-order chi connectivity index (χ0) is 12.0. The Kier molecular flexibility index (Phi) is 4.98. The van der Waals surface area contributed by atoms with Crippen LogP contribution in [0.3, 0.4) is 0 Å². The van der Waals surface area contributed by atoms with Gasteiger partial charge in [0.2, 0.25) is 5.95 Å². The summed E-state index contributed by atoms with van der Waals surface area (Å²) >= 11 is 0. The van der Waals surface area contributed by atoms with Crippen molar-refractivity contribution in [1.82, 2.24) is 9.97 Å². The molecule has 1 aromatic heterocycles. The molecule has 0 aliphatic carbocycles. The predicted octanol–water partition coefficient (Wildman–Crippen LogP) is 1.66. The minimum Gasteiger partial charge on any atom is -0.380 e. The highest BCUT2D eigenvalue weighted by atomic mass is 16.5. The van der Waals surface area contributed by atoms with Gasteiger partial charge in [0.05, 0.1) is 6.61 Å². The molecular formula is C11H20N4O. The van der Waals surface area contributed by atoms with Crippen LogP contribution in [0.15, 0.2) is 6.07 Å². The van der Waals surface area contributed by atoms with Gasteiger partial charge in [-0.2, -0.15) is 4.98 Å². The molecule has 1 atom stereocenters. The lowest BCUT2D eigenvalue weighted by Gasteiger charge is -2.15. The Hall–Kier alpha value is -1.36. The molecule has 0 fully saturated rings. The lowest BCUT2D eigenvalue weighted by Crippen LogP contribution is -2.22. The summed E-state index contributed by atoms with van der Waals surface area (Å²) in [5.74, 6) is 1.45. The number of hydrogen-bond donors (Lipinski definition) is 2. The maximum atomic E-state index is 5.33. The lowest BCUT2D eigenvalue weighted by atomic mass is 10.3. The zero-order valence-electron chi connectivity index (χ0n) is 10.4. The van der Waals surface area contributed by atoms with Crippen molar-refractivity contribution >= 4 is 11.8 Å².